The van der Waals surface area contributed by atoms with E-state index in [1.54, 1.807) is 6.92 Å². The minimum absolute atomic E-state index is 0.196. The third-order valence-electron chi connectivity index (χ3n) is 3.65. The molecule has 0 aromatic heterocycles. The van der Waals surface area contributed by atoms with Gasteiger partial charge in [0.15, 0.2) is 0 Å². The Kier molecular flexibility index (Phi) is 6.32. The van der Waals surface area contributed by atoms with Gasteiger partial charge in [0.05, 0.1) is 25.2 Å². The highest BCUT2D eigenvalue weighted by molar-refractivity contribution is 5.79. The van der Waals surface area contributed by atoms with Crippen LogP contribution in [0.5, 0.6) is 5.75 Å². The van der Waals surface area contributed by atoms with Crippen LogP contribution in [0.1, 0.15) is 31.1 Å². The van der Waals surface area contributed by atoms with Crippen molar-refractivity contribution in [1.29, 1.82) is 0 Å². The van der Waals surface area contributed by atoms with E-state index in [0.29, 0.717) is 12.2 Å². The number of amides is 1. The van der Waals surface area contributed by atoms with Crippen molar-refractivity contribution in [2.45, 2.75) is 32.4 Å². The molecule has 1 amide bonds. The second-order valence-electron chi connectivity index (χ2n) is 5.61. The van der Waals surface area contributed by atoms with Gasteiger partial charge in [-0.3, -0.25) is 4.79 Å². The molecular weight excluding hydrogens is 309 g/mol. The number of hydrogen-bond donors (Lipinski definition) is 2. The Balaban J connectivity index is 1.93. The van der Waals surface area contributed by atoms with Gasteiger partial charge in [-0.2, -0.15) is 0 Å². The third-order valence-corrected chi connectivity index (χ3v) is 3.65. The average Bonchev–Trinajstić information content (AvgIpc) is 2.55. The molecule has 0 aliphatic rings. The Labute approximate surface area is 141 Å². The molecular formula is C19H22FNO3. The van der Waals surface area contributed by atoms with Crippen LogP contribution < -0.4 is 10.1 Å². The summed E-state index contributed by atoms with van der Waals surface area (Å²) in [6, 6.07) is 12.4. The second-order valence-corrected chi connectivity index (χ2v) is 5.61. The maximum Gasteiger partial charge on any atom is 0.224 e. The van der Waals surface area contributed by atoms with Gasteiger partial charge < -0.3 is 15.2 Å². The second kappa shape index (κ2) is 8.45. The summed E-state index contributed by atoms with van der Waals surface area (Å²) in [5, 5.41) is 13.0. The summed E-state index contributed by atoms with van der Waals surface area (Å²) in [5.74, 6) is 0.163. The molecule has 5 heteroatoms. The van der Waals surface area contributed by atoms with Crippen molar-refractivity contribution in [3.8, 4) is 5.75 Å². The van der Waals surface area contributed by atoms with Crippen molar-refractivity contribution in [2.75, 3.05) is 6.61 Å². The molecule has 0 spiro atoms. The SMILES string of the molecule is CCOc1cccc(CC(=O)NC(C)C(O)c2ccc(F)cc2)c1. The van der Waals surface area contributed by atoms with Gasteiger partial charge in [-0.1, -0.05) is 24.3 Å². The first-order chi connectivity index (χ1) is 11.5. The molecule has 0 saturated heterocycles. The fraction of sp³-hybridized carbons (Fsp3) is 0.316. The standard InChI is InChI=1S/C19H22FNO3/c1-3-24-17-6-4-5-14(11-17)12-18(22)21-13(2)19(23)15-7-9-16(20)10-8-15/h4-11,13,19,23H,3,12H2,1-2H3,(H,21,22). The van der Waals surface area contributed by atoms with Crippen LogP contribution in [0, 0.1) is 5.82 Å². The first kappa shape index (κ1) is 17.9. The summed E-state index contributed by atoms with van der Waals surface area (Å²) in [5.41, 5.74) is 1.39. The first-order valence-electron chi connectivity index (χ1n) is 7.94. The quantitative estimate of drug-likeness (QED) is 0.820. The number of ether oxygens (including phenoxy) is 1. The summed E-state index contributed by atoms with van der Waals surface area (Å²) in [6.45, 7) is 4.18. The summed E-state index contributed by atoms with van der Waals surface area (Å²) in [7, 11) is 0. The molecule has 2 atom stereocenters. The number of benzene rings is 2. The maximum absolute atomic E-state index is 12.9. The molecule has 2 unspecified atom stereocenters. The maximum atomic E-state index is 12.9. The lowest BCUT2D eigenvalue weighted by Gasteiger charge is -2.20. The van der Waals surface area contributed by atoms with E-state index >= 15 is 0 Å². The number of nitrogens with one attached hydrogen (secondary N) is 1. The zero-order valence-corrected chi connectivity index (χ0v) is 13.8. The average molecular weight is 331 g/mol. The molecule has 2 N–H and O–H groups in total. The Morgan fingerprint density at radius 3 is 2.62 bits per heavy atom. The van der Waals surface area contributed by atoms with Gasteiger partial charge in [0.25, 0.3) is 0 Å². The lowest BCUT2D eigenvalue weighted by molar-refractivity contribution is -0.121. The van der Waals surface area contributed by atoms with E-state index in [1.807, 2.05) is 31.2 Å². The van der Waals surface area contributed by atoms with Crippen LogP contribution in [-0.2, 0) is 11.2 Å². The van der Waals surface area contributed by atoms with E-state index < -0.39 is 12.1 Å². The van der Waals surface area contributed by atoms with Crippen molar-refractivity contribution in [3.63, 3.8) is 0 Å². The number of halogens is 1. The van der Waals surface area contributed by atoms with E-state index in [4.69, 9.17) is 4.74 Å². The monoisotopic (exact) mass is 331 g/mol. The number of hydrogen-bond acceptors (Lipinski definition) is 3. The Morgan fingerprint density at radius 1 is 1.25 bits per heavy atom. The topological polar surface area (TPSA) is 58.6 Å². The van der Waals surface area contributed by atoms with Crippen molar-refractivity contribution in [3.05, 3.63) is 65.5 Å². The van der Waals surface area contributed by atoms with Crippen LogP contribution in [0.4, 0.5) is 4.39 Å². The highest BCUT2D eigenvalue weighted by atomic mass is 19.1. The molecule has 0 saturated carbocycles. The van der Waals surface area contributed by atoms with Crippen LogP contribution in [0.25, 0.3) is 0 Å². The lowest BCUT2D eigenvalue weighted by Crippen LogP contribution is -2.37. The smallest absolute Gasteiger partial charge is 0.224 e. The Hall–Kier alpha value is -2.40. The van der Waals surface area contributed by atoms with Crippen molar-refractivity contribution < 1.29 is 19.0 Å². The molecule has 0 radical (unpaired) electrons. The van der Waals surface area contributed by atoms with Crippen molar-refractivity contribution in [1.82, 2.24) is 5.32 Å². The Bertz CT molecular complexity index is 673. The molecule has 128 valence electrons. The van der Waals surface area contributed by atoms with Crippen LogP contribution in [0.15, 0.2) is 48.5 Å². The van der Waals surface area contributed by atoms with Gasteiger partial charge in [-0.15, -0.1) is 0 Å². The summed E-state index contributed by atoms with van der Waals surface area (Å²) in [6.07, 6.45) is -0.703. The minimum Gasteiger partial charge on any atom is -0.494 e. The van der Waals surface area contributed by atoms with Gasteiger partial charge in [0.1, 0.15) is 11.6 Å². The first-order valence-corrected chi connectivity index (χ1v) is 7.94. The van der Waals surface area contributed by atoms with Crippen molar-refractivity contribution >= 4 is 5.91 Å². The number of rotatable bonds is 7. The number of carbonyl (C=O) groups excluding carboxylic acids is 1. The van der Waals surface area contributed by atoms with Crippen LogP contribution in [0.3, 0.4) is 0 Å². The van der Waals surface area contributed by atoms with Gasteiger partial charge in [0.2, 0.25) is 5.91 Å². The zero-order valence-electron chi connectivity index (χ0n) is 13.8. The van der Waals surface area contributed by atoms with E-state index in [-0.39, 0.29) is 18.1 Å². The molecule has 2 aromatic carbocycles. The molecule has 0 fully saturated rings. The van der Waals surface area contributed by atoms with Crippen molar-refractivity contribution in [2.24, 2.45) is 0 Å². The van der Waals surface area contributed by atoms with Crippen LogP contribution in [-0.4, -0.2) is 23.7 Å². The van der Waals surface area contributed by atoms with E-state index in [1.165, 1.54) is 24.3 Å². The number of aliphatic hydroxyl groups excluding tert-OH is 1. The third kappa shape index (κ3) is 5.06. The predicted molar refractivity (Wildman–Crippen MR) is 90.3 cm³/mol. The number of carbonyl (C=O) groups is 1. The Morgan fingerprint density at radius 2 is 1.96 bits per heavy atom. The highest BCUT2D eigenvalue weighted by Crippen LogP contribution is 2.18. The van der Waals surface area contributed by atoms with Gasteiger partial charge >= 0.3 is 0 Å². The summed E-state index contributed by atoms with van der Waals surface area (Å²) < 4.78 is 18.3. The van der Waals surface area contributed by atoms with E-state index in [0.717, 1.165) is 11.3 Å². The normalized spacial score (nSPS) is 13.2. The highest BCUT2D eigenvalue weighted by Gasteiger charge is 2.18. The fourth-order valence-corrected chi connectivity index (χ4v) is 2.43. The molecule has 0 aliphatic heterocycles. The molecule has 0 bridgehead atoms. The molecule has 2 rings (SSSR count). The molecule has 4 nitrogen and oxygen atoms in total. The summed E-state index contributed by atoms with van der Waals surface area (Å²) >= 11 is 0. The molecule has 2 aromatic rings. The zero-order chi connectivity index (χ0) is 17.5. The summed E-state index contributed by atoms with van der Waals surface area (Å²) in [4.78, 5) is 12.2. The molecule has 24 heavy (non-hydrogen) atoms. The number of aliphatic hydroxyl groups is 1. The largest absolute Gasteiger partial charge is 0.494 e. The van der Waals surface area contributed by atoms with Gasteiger partial charge in [-0.25, -0.2) is 4.39 Å². The van der Waals surface area contributed by atoms with Crippen LogP contribution >= 0.6 is 0 Å². The minimum atomic E-state index is -0.899. The lowest BCUT2D eigenvalue weighted by atomic mass is 10.0. The predicted octanol–water partition coefficient (Wildman–Crippen LogP) is 3.01. The fourth-order valence-electron chi connectivity index (χ4n) is 2.43. The molecule has 0 aliphatic carbocycles. The van der Waals surface area contributed by atoms with Gasteiger partial charge in [0, 0.05) is 0 Å². The van der Waals surface area contributed by atoms with E-state index in [9.17, 15) is 14.3 Å². The van der Waals surface area contributed by atoms with Crippen LogP contribution in [0.2, 0.25) is 0 Å². The van der Waals surface area contributed by atoms with E-state index in [2.05, 4.69) is 5.32 Å². The van der Waals surface area contributed by atoms with Gasteiger partial charge in [-0.05, 0) is 49.2 Å². The molecule has 0 heterocycles.